The fourth-order valence-electron chi connectivity index (χ4n) is 2.70. The minimum absolute atomic E-state index is 0.0573. The van der Waals surface area contributed by atoms with Gasteiger partial charge < -0.3 is 10.5 Å². The summed E-state index contributed by atoms with van der Waals surface area (Å²) < 4.78 is 5.62. The van der Waals surface area contributed by atoms with E-state index in [0.717, 1.165) is 42.5 Å². The number of carbonyl (C=O) groups excluding carboxylic acids is 1. The molecule has 0 saturated heterocycles. The van der Waals surface area contributed by atoms with E-state index in [1.165, 1.54) is 0 Å². The monoisotopic (exact) mass is 275 g/mol. The molecule has 0 radical (unpaired) electrons. The summed E-state index contributed by atoms with van der Waals surface area (Å²) in [7, 11) is 0. The minimum Gasteiger partial charge on any atom is -0.460 e. The number of anilines is 1. The Labute approximate surface area is 121 Å². The number of rotatable bonds is 3. The van der Waals surface area contributed by atoms with Gasteiger partial charge in [-0.25, -0.2) is 0 Å². The minimum atomic E-state index is -0.426. The van der Waals surface area contributed by atoms with Crippen molar-refractivity contribution >= 4 is 11.7 Å². The number of hydrogen-bond acceptors (Lipinski definition) is 3. The Hall–Kier alpha value is -1.51. The van der Waals surface area contributed by atoms with Crippen LogP contribution in [0, 0.1) is 12.3 Å². The second-order valence-corrected chi connectivity index (χ2v) is 6.94. The highest BCUT2D eigenvalue weighted by Crippen LogP contribution is 2.46. The molecule has 0 atom stereocenters. The van der Waals surface area contributed by atoms with Gasteiger partial charge in [-0.15, -0.1) is 0 Å². The van der Waals surface area contributed by atoms with Gasteiger partial charge in [0.1, 0.15) is 5.60 Å². The highest BCUT2D eigenvalue weighted by atomic mass is 16.6. The number of carbonyl (C=O) groups is 1. The lowest BCUT2D eigenvalue weighted by molar-refractivity contribution is -0.173. The zero-order valence-corrected chi connectivity index (χ0v) is 13.0. The van der Waals surface area contributed by atoms with Crippen molar-refractivity contribution in [3.63, 3.8) is 0 Å². The average Bonchev–Trinajstić information content (AvgIpc) is 2.26. The van der Waals surface area contributed by atoms with Crippen LogP contribution < -0.4 is 5.73 Å². The summed E-state index contributed by atoms with van der Waals surface area (Å²) in [6.07, 6.45) is 3.66. The number of nitrogen functional groups attached to an aromatic ring is 1. The number of hydrogen-bond donors (Lipinski definition) is 1. The average molecular weight is 275 g/mol. The van der Waals surface area contributed by atoms with E-state index in [9.17, 15) is 4.79 Å². The van der Waals surface area contributed by atoms with Crippen LogP contribution in [0.2, 0.25) is 0 Å². The van der Waals surface area contributed by atoms with E-state index in [4.69, 9.17) is 10.5 Å². The van der Waals surface area contributed by atoms with Gasteiger partial charge in [0.25, 0.3) is 0 Å². The molecule has 1 saturated carbocycles. The first-order valence-corrected chi connectivity index (χ1v) is 7.31. The van der Waals surface area contributed by atoms with Crippen LogP contribution in [-0.2, 0) is 16.0 Å². The summed E-state index contributed by atoms with van der Waals surface area (Å²) in [5.41, 5.74) is 8.23. The van der Waals surface area contributed by atoms with E-state index in [1.54, 1.807) is 0 Å². The molecule has 2 rings (SSSR count). The Kier molecular flexibility index (Phi) is 3.81. The van der Waals surface area contributed by atoms with Crippen molar-refractivity contribution in [2.75, 3.05) is 5.73 Å². The van der Waals surface area contributed by atoms with Crippen LogP contribution in [-0.4, -0.2) is 11.6 Å². The molecule has 110 valence electrons. The molecule has 20 heavy (non-hydrogen) atoms. The molecule has 2 N–H and O–H groups in total. The lowest BCUT2D eigenvalue weighted by atomic mass is 9.65. The second kappa shape index (κ2) is 5.12. The summed E-state index contributed by atoms with van der Waals surface area (Å²) >= 11 is 0. The van der Waals surface area contributed by atoms with E-state index in [2.05, 4.69) is 6.07 Å². The van der Waals surface area contributed by atoms with E-state index in [1.807, 2.05) is 39.8 Å². The van der Waals surface area contributed by atoms with Crippen LogP contribution >= 0.6 is 0 Å². The molecule has 1 aliphatic rings. The summed E-state index contributed by atoms with van der Waals surface area (Å²) in [5.74, 6) is -0.0573. The van der Waals surface area contributed by atoms with Crippen molar-refractivity contribution in [1.29, 1.82) is 0 Å². The third-order valence-corrected chi connectivity index (χ3v) is 4.16. The van der Waals surface area contributed by atoms with E-state index < -0.39 is 5.60 Å². The molecule has 3 heteroatoms. The van der Waals surface area contributed by atoms with Gasteiger partial charge in [0.2, 0.25) is 0 Å². The third kappa shape index (κ3) is 2.97. The van der Waals surface area contributed by atoms with Gasteiger partial charge in [-0.2, -0.15) is 0 Å². The van der Waals surface area contributed by atoms with Gasteiger partial charge in [-0.05, 0) is 64.2 Å². The zero-order chi connectivity index (χ0) is 15.0. The van der Waals surface area contributed by atoms with E-state index >= 15 is 0 Å². The predicted octanol–water partition coefficient (Wildman–Crippen LogP) is 3.63. The standard InChI is InChI=1S/C17H25NO2/c1-12-13(7-5-8-14(12)18)11-17(9-6-10-17)15(19)20-16(2,3)4/h5,7-8H,6,9-11,18H2,1-4H3. The largest absolute Gasteiger partial charge is 0.460 e. The summed E-state index contributed by atoms with van der Waals surface area (Å²) in [4.78, 5) is 12.5. The van der Waals surface area contributed by atoms with E-state index in [0.29, 0.717) is 0 Å². The smallest absolute Gasteiger partial charge is 0.312 e. The SMILES string of the molecule is Cc1c(N)cccc1CC1(C(=O)OC(C)(C)C)CCC1. The van der Waals surface area contributed by atoms with Crippen LogP contribution in [0.1, 0.15) is 51.2 Å². The van der Waals surface area contributed by atoms with Crippen LogP contribution in [0.4, 0.5) is 5.69 Å². The molecule has 0 aromatic heterocycles. The Morgan fingerprint density at radius 1 is 1.35 bits per heavy atom. The van der Waals surface area contributed by atoms with Gasteiger partial charge in [-0.3, -0.25) is 4.79 Å². The lowest BCUT2D eigenvalue weighted by Crippen LogP contribution is -2.44. The fraction of sp³-hybridized carbons (Fsp3) is 0.588. The molecule has 1 aliphatic carbocycles. The fourth-order valence-corrected chi connectivity index (χ4v) is 2.70. The topological polar surface area (TPSA) is 52.3 Å². The molecule has 3 nitrogen and oxygen atoms in total. The molecule has 0 spiro atoms. The Morgan fingerprint density at radius 2 is 2.00 bits per heavy atom. The highest BCUT2D eigenvalue weighted by molar-refractivity contribution is 5.79. The molecule has 1 aromatic carbocycles. The second-order valence-electron chi connectivity index (χ2n) is 6.94. The Balaban J connectivity index is 2.20. The summed E-state index contributed by atoms with van der Waals surface area (Å²) in [5, 5.41) is 0. The maximum Gasteiger partial charge on any atom is 0.312 e. The van der Waals surface area contributed by atoms with Gasteiger partial charge in [0, 0.05) is 5.69 Å². The van der Waals surface area contributed by atoms with Gasteiger partial charge in [0.15, 0.2) is 0 Å². The highest BCUT2D eigenvalue weighted by Gasteiger charge is 2.46. The van der Waals surface area contributed by atoms with Crippen LogP contribution in [0.3, 0.4) is 0 Å². The number of esters is 1. The van der Waals surface area contributed by atoms with Crippen molar-refractivity contribution in [3.8, 4) is 0 Å². The number of benzene rings is 1. The van der Waals surface area contributed by atoms with Gasteiger partial charge >= 0.3 is 5.97 Å². The third-order valence-electron chi connectivity index (χ3n) is 4.16. The molecular weight excluding hydrogens is 250 g/mol. The van der Waals surface area contributed by atoms with E-state index in [-0.39, 0.29) is 11.4 Å². The summed E-state index contributed by atoms with van der Waals surface area (Å²) in [6, 6.07) is 5.93. The van der Waals surface area contributed by atoms with Crippen molar-refractivity contribution < 1.29 is 9.53 Å². The van der Waals surface area contributed by atoms with Crippen molar-refractivity contribution in [1.82, 2.24) is 0 Å². The molecule has 0 heterocycles. The predicted molar refractivity (Wildman–Crippen MR) is 81.4 cm³/mol. The first-order valence-electron chi connectivity index (χ1n) is 7.31. The number of ether oxygens (including phenoxy) is 1. The normalized spacial score (nSPS) is 17.4. The lowest BCUT2D eigenvalue weighted by Gasteiger charge is -2.41. The van der Waals surface area contributed by atoms with Gasteiger partial charge in [-0.1, -0.05) is 18.6 Å². The quantitative estimate of drug-likeness (QED) is 0.677. The van der Waals surface area contributed by atoms with Crippen LogP contribution in [0.25, 0.3) is 0 Å². The van der Waals surface area contributed by atoms with Crippen molar-refractivity contribution in [2.24, 2.45) is 5.41 Å². The molecule has 0 bridgehead atoms. The molecule has 0 aliphatic heterocycles. The Bertz CT molecular complexity index is 510. The summed E-state index contributed by atoms with van der Waals surface area (Å²) in [6.45, 7) is 7.78. The first-order chi connectivity index (χ1) is 9.23. The van der Waals surface area contributed by atoms with Gasteiger partial charge in [0.05, 0.1) is 5.41 Å². The maximum atomic E-state index is 12.5. The van der Waals surface area contributed by atoms with Crippen LogP contribution in [0.5, 0.6) is 0 Å². The first kappa shape index (κ1) is 14.9. The molecule has 0 amide bonds. The molecular formula is C17H25NO2. The van der Waals surface area contributed by atoms with Crippen LogP contribution in [0.15, 0.2) is 18.2 Å². The molecule has 1 fully saturated rings. The number of nitrogens with two attached hydrogens (primary N) is 1. The maximum absolute atomic E-state index is 12.5. The molecule has 1 aromatic rings. The van der Waals surface area contributed by atoms with Crippen molar-refractivity contribution in [2.45, 2.75) is 59.0 Å². The molecule has 0 unspecified atom stereocenters. The van der Waals surface area contributed by atoms with Crippen molar-refractivity contribution in [3.05, 3.63) is 29.3 Å². The zero-order valence-electron chi connectivity index (χ0n) is 13.0. The Morgan fingerprint density at radius 3 is 2.50 bits per heavy atom.